The molecule has 0 atom stereocenters. The number of piperidine rings is 1. The number of unbranched alkanes of at least 4 members (excludes halogenated alkanes) is 1. The van der Waals surface area contributed by atoms with Crippen molar-refractivity contribution in [1.29, 1.82) is 0 Å². The minimum absolute atomic E-state index is 0.0485. The third-order valence-electron chi connectivity index (χ3n) is 5.24. The molecule has 2 heterocycles. The number of nitrogens with one attached hydrogen (secondary N) is 1. The summed E-state index contributed by atoms with van der Waals surface area (Å²) in [7, 11) is -3.82. The van der Waals surface area contributed by atoms with Crippen molar-refractivity contribution in [1.82, 2.24) is 10.2 Å². The summed E-state index contributed by atoms with van der Waals surface area (Å²) in [4.78, 5) is 14.3. The highest BCUT2D eigenvalue weighted by atomic mass is 32.2. The van der Waals surface area contributed by atoms with Crippen LogP contribution in [0.4, 0.5) is 4.39 Å². The second kappa shape index (κ2) is 8.43. The lowest BCUT2D eigenvalue weighted by Crippen LogP contribution is -2.43. The number of benzene rings is 1. The van der Waals surface area contributed by atoms with Crippen molar-refractivity contribution in [2.45, 2.75) is 39.5 Å². The van der Waals surface area contributed by atoms with Crippen LogP contribution in [-0.2, 0) is 14.8 Å². The van der Waals surface area contributed by atoms with Crippen LogP contribution < -0.4 is 5.32 Å². The Bertz CT molecular complexity index is 899. The number of sulfonamides is 1. The molecule has 1 fully saturated rings. The van der Waals surface area contributed by atoms with Gasteiger partial charge < -0.3 is 10.2 Å². The van der Waals surface area contributed by atoms with E-state index in [-0.39, 0.29) is 16.7 Å². The number of amidine groups is 1. The Morgan fingerprint density at radius 3 is 2.50 bits per heavy atom. The summed E-state index contributed by atoms with van der Waals surface area (Å²) < 4.78 is 42.4. The van der Waals surface area contributed by atoms with Gasteiger partial charge in [-0.3, -0.25) is 4.79 Å². The van der Waals surface area contributed by atoms with Gasteiger partial charge in [-0.15, -0.1) is 4.40 Å². The van der Waals surface area contributed by atoms with Crippen molar-refractivity contribution in [3.8, 4) is 0 Å². The van der Waals surface area contributed by atoms with Crippen molar-refractivity contribution in [2.75, 3.05) is 19.6 Å². The van der Waals surface area contributed by atoms with Gasteiger partial charge in [0.2, 0.25) is 5.91 Å². The van der Waals surface area contributed by atoms with E-state index in [0.29, 0.717) is 49.4 Å². The van der Waals surface area contributed by atoms with Gasteiger partial charge in [0.05, 0.1) is 0 Å². The quantitative estimate of drug-likeness (QED) is 0.761. The number of hydrogen-bond donors (Lipinski definition) is 1. The zero-order valence-electron chi connectivity index (χ0n) is 16.2. The highest BCUT2D eigenvalue weighted by molar-refractivity contribution is 8.00. The van der Waals surface area contributed by atoms with E-state index in [1.807, 2.05) is 4.90 Å². The number of carbonyl (C=O) groups is 1. The summed E-state index contributed by atoms with van der Waals surface area (Å²) in [5.74, 6) is 0.0444. The van der Waals surface area contributed by atoms with Gasteiger partial charge in [0.25, 0.3) is 10.0 Å². The third kappa shape index (κ3) is 4.27. The topological polar surface area (TPSA) is 78.8 Å². The zero-order valence-corrected chi connectivity index (χ0v) is 17.1. The van der Waals surface area contributed by atoms with Crippen molar-refractivity contribution in [3.63, 3.8) is 0 Å². The Morgan fingerprint density at radius 1 is 1.25 bits per heavy atom. The molecule has 1 N–H and O–H groups in total. The monoisotopic (exact) mass is 407 g/mol. The first-order valence-corrected chi connectivity index (χ1v) is 11.1. The van der Waals surface area contributed by atoms with Crippen LogP contribution in [0, 0.1) is 11.7 Å². The van der Waals surface area contributed by atoms with Gasteiger partial charge in [-0.1, -0.05) is 25.5 Å². The predicted octanol–water partition coefficient (Wildman–Crippen LogP) is 2.93. The molecule has 3 rings (SSSR count). The number of likely N-dealkylation sites (tertiary alicyclic amines) is 1. The molecule has 2 aliphatic heterocycles. The Labute approximate surface area is 165 Å². The summed E-state index contributed by atoms with van der Waals surface area (Å²) in [5.41, 5.74) is 1.00. The second-order valence-corrected chi connectivity index (χ2v) is 8.80. The second-order valence-electron chi connectivity index (χ2n) is 7.26. The van der Waals surface area contributed by atoms with Gasteiger partial charge in [0.15, 0.2) is 0 Å². The molecule has 0 unspecified atom stereocenters. The first-order valence-electron chi connectivity index (χ1n) is 9.68. The normalized spacial score (nSPS) is 19.7. The Morgan fingerprint density at radius 2 is 1.89 bits per heavy atom. The lowest BCUT2D eigenvalue weighted by molar-refractivity contribution is -0.126. The molecule has 0 spiro atoms. The molecule has 0 aromatic heterocycles. The van der Waals surface area contributed by atoms with Gasteiger partial charge in [-0.2, -0.15) is 8.42 Å². The minimum Gasteiger partial charge on any atom is -0.356 e. The SMILES string of the molecule is CCCCNC(=O)C1CCN(C2=NS(=O)(=O)C(c3ccc(F)cc3)=C2C)CC1. The highest BCUT2D eigenvalue weighted by Gasteiger charge is 2.35. The van der Waals surface area contributed by atoms with Gasteiger partial charge >= 0.3 is 0 Å². The molecule has 152 valence electrons. The molecule has 1 aromatic carbocycles. The van der Waals surface area contributed by atoms with Crippen LogP contribution in [0.25, 0.3) is 4.91 Å². The molecule has 28 heavy (non-hydrogen) atoms. The molecule has 6 nitrogen and oxygen atoms in total. The Kier molecular flexibility index (Phi) is 6.17. The molecule has 0 bridgehead atoms. The summed E-state index contributed by atoms with van der Waals surface area (Å²) in [6, 6.07) is 5.39. The molecular weight excluding hydrogens is 381 g/mol. The lowest BCUT2D eigenvalue weighted by atomic mass is 9.95. The molecule has 0 saturated carbocycles. The summed E-state index contributed by atoms with van der Waals surface area (Å²) in [6.07, 6.45) is 3.33. The van der Waals surface area contributed by atoms with E-state index in [4.69, 9.17) is 0 Å². The van der Waals surface area contributed by atoms with Crippen LogP contribution in [0.15, 0.2) is 34.2 Å². The maximum Gasteiger partial charge on any atom is 0.285 e. The maximum atomic E-state index is 13.2. The molecule has 2 aliphatic rings. The Hall–Kier alpha value is -2.22. The smallest absolute Gasteiger partial charge is 0.285 e. The van der Waals surface area contributed by atoms with Gasteiger partial charge in [-0.25, -0.2) is 4.39 Å². The average molecular weight is 408 g/mol. The van der Waals surface area contributed by atoms with Crippen molar-refractivity contribution in [3.05, 3.63) is 41.2 Å². The number of nitrogens with zero attached hydrogens (tertiary/aromatic N) is 2. The number of halogens is 1. The van der Waals surface area contributed by atoms with Crippen LogP contribution in [0.3, 0.4) is 0 Å². The van der Waals surface area contributed by atoms with Crippen LogP contribution in [0.2, 0.25) is 0 Å². The molecule has 1 amide bonds. The molecule has 0 aliphatic carbocycles. The first-order chi connectivity index (χ1) is 13.3. The molecular formula is C20H26FN3O3S. The lowest BCUT2D eigenvalue weighted by Gasteiger charge is -2.32. The fourth-order valence-corrected chi connectivity index (χ4v) is 5.15. The number of amides is 1. The highest BCUT2D eigenvalue weighted by Crippen LogP contribution is 2.34. The summed E-state index contributed by atoms with van der Waals surface area (Å²) >= 11 is 0. The van der Waals surface area contributed by atoms with Crippen LogP contribution in [0.1, 0.15) is 45.1 Å². The third-order valence-corrected chi connectivity index (χ3v) is 6.71. The van der Waals surface area contributed by atoms with Crippen molar-refractivity contribution < 1.29 is 17.6 Å². The standard InChI is InChI=1S/C20H26FN3O3S/c1-3-4-11-22-20(25)16-9-12-24(13-10-16)19-14(2)18(28(26,27)23-19)15-5-7-17(21)8-6-15/h5-8,16H,3-4,9-13H2,1-2H3,(H,22,25). The van der Waals surface area contributed by atoms with E-state index in [2.05, 4.69) is 16.6 Å². The van der Waals surface area contributed by atoms with Crippen LogP contribution in [0.5, 0.6) is 0 Å². The average Bonchev–Trinajstić information content (AvgIpc) is 2.92. The number of hydrogen-bond acceptors (Lipinski definition) is 4. The van der Waals surface area contributed by atoms with Gasteiger partial charge in [0, 0.05) is 31.1 Å². The zero-order chi connectivity index (χ0) is 20.3. The maximum absolute atomic E-state index is 13.2. The molecule has 0 radical (unpaired) electrons. The van der Waals surface area contributed by atoms with E-state index < -0.39 is 15.8 Å². The van der Waals surface area contributed by atoms with E-state index in [1.54, 1.807) is 6.92 Å². The number of rotatable bonds is 5. The fraction of sp³-hybridized carbons (Fsp3) is 0.500. The largest absolute Gasteiger partial charge is 0.356 e. The van der Waals surface area contributed by atoms with Crippen molar-refractivity contribution >= 4 is 26.7 Å². The van der Waals surface area contributed by atoms with E-state index in [1.165, 1.54) is 24.3 Å². The van der Waals surface area contributed by atoms with Gasteiger partial charge in [-0.05, 0) is 43.9 Å². The van der Waals surface area contributed by atoms with Crippen LogP contribution in [-0.4, -0.2) is 44.7 Å². The molecule has 1 saturated heterocycles. The Balaban J connectivity index is 1.71. The summed E-state index contributed by atoms with van der Waals surface area (Å²) in [6.45, 7) is 5.66. The van der Waals surface area contributed by atoms with E-state index >= 15 is 0 Å². The summed E-state index contributed by atoms with van der Waals surface area (Å²) in [5, 5.41) is 2.97. The minimum atomic E-state index is -3.82. The predicted molar refractivity (Wildman–Crippen MR) is 108 cm³/mol. The molecule has 8 heteroatoms. The number of carbonyl (C=O) groups excluding carboxylic acids is 1. The fourth-order valence-electron chi connectivity index (χ4n) is 3.67. The van der Waals surface area contributed by atoms with E-state index in [9.17, 15) is 17.6 Å². The molecule has 1 aromatic rings. The van der Waals surface area contributed by atoms with Crippen molar-refractivity contribution in [2.24, 2.45) is 10.3 Å². The van der Waals surface area contributed by atoms with Gasteiger partial charge in [0.1, 0.15) is 16.6 Å². The van der Waals surface area contributed by atoms with E-state index in [0.717, 1.165) is 12.8 Å². The van der Waals surface area contributed by atoms with Crippen LogP contribution >= 0.6 is 0 Å². The first kappa shape index (κ1) is 20.5.